The molecule has 1 saturated heterocycles. The molecule has 1 aromatic carbocycles. The number of nitrogens with one attached hydrogen (secondary N) is 1. The van der Waals surface area contributed by atoms with Crippen LogP contribution < -0.4 is 10.3 Å². The molecule has 1 unspecified atom stereocenters. The molecule has 1 atom stereocenters. The molecular weight excluding hydrogens is 381 g/mol. The van der Waals surface area contributed by atoms with Crippen molar-refractivity contribution in [1.82, 2.24) is 14.9 Å². The average molecular weight is 397 g/mol. The molecule has 6 heteroatoms. The summed E-state index contributed by atoms with van der Waals surface area (Å²) in [6.07, 6.45) is 2.44. The molecule has 0 spiro atoms. The van der Waals surface area contributed by atoms with Crippen LogP contribution in [0.3, 0.4) is 0 Å². The molecule has 1 aliphatic rings. The van der Waals surface area contributed by atoms with Crippen molar-refractivity contribution in [3.63, 3.8) is 0 Å². The Bertz CT molecular complexity index is 659. The first-order valence-corrected chi connectivity index (χ1v) is 7.96. The van der Waals surface area contributed by atoms with Gasteiger partial charge in [-0.25, -0.2) is 4.98 Å². The van der Waals surface area contributed by atoms with Gasteiger partial charge in [0.25, 0.3) is 5.56 Å². The van der Waals surface area contributed by atoms with Crippen LogP contribution >= 0.6 is 22.6 Å². The van der Waals surface area contributed by atoms with E-state index in [9.17, 15) is 4.79 Å². The van der Waals surface area contributed by atoms with Crippen molar-refractivity contribution in [2.45, 2.75) is 19.1 Å². The molecular formula is C15H16IN3O2. The first-order valence-electron chi connectivity index (χ1n) is 6.88. The number of H-pyrrole nitrogens is 1. The van der Waals surface area contributed by atoms with Crippen LogP contribution in [0.4, 0.5) is 0 Å². The Labute approximate surface area is 136 Å². The third-order valence-corrected chi connectivity index (χ3v) is 4.47. The van der Waals surface area contributed by atoms with Crippen molar-refractivity contribution >= 4 is 22.6 Å². The van der Waals surface area contributed by atoms with Crippen molar-refractivity contribution < 1.29 is 4.74 Å². The van der Waals surface area contributed by atoms with Crippen molar-refractivity contribution in [3.8, 4) is 5.88 Å². The Hall–Kier alpha value is -1.41. The molecule has 2 heterocycles. The molecule has 1 N–H and O–H groups in total. The Balaban J connectivity index is 1.60. The number of benzene rings is 1. The maximum absolute atomic E-state index is 11.5. The van der Waals surface area contributed by atoms with Gasteiger partial charge in [0, 0.05) is 19.6 Å². The lowest BCUT2D eigenvalue weighted by Crippen LogP contribution is -2.26. The van der Waals surface area contributed by atoms with E-state index >= 15 is 0 Å². The first kappa shape index (κ1) is 14.5. The predicted molar refractivity (Wildman–Crippen MR) is 88.3 cm³/mol. The largest absolute Gasteiger partial charge is 0.472 e. The summed E-state index contributed by atoms with van der Waals surface area (Å²) in [5.74, 6) is 0.436. The molecule has 5 nitrogen and oxygen atoms in total. The second-order valence-corrected chi connectivity index (χ2v) is 6.18. The van der Waals surface area contributed by atoms with Crippen LogP contribution in [0, 0.1) is 3.57 Å². The van der Waals surface area contributed by atoms with Gasteiger partial charge in [0.15, 0.2) is 0 Å². The van der Waals surface area contributed by atoms with Crippen LogP contribution in [0.15, 0.2) is 41.5 Å². The Morgan fingerprint density at radius 2 is 2.19 bits per heavy atom. The summed E-state index contributed by atoms with van der Waals surface area (Å²) in [6.45, 7) is 2.79. The minimum atomic E-state index is -0.153. The second-order valence-electron chi connectivity index (χ2n) is 5.10. The standard InChI is InChI=1S/C15H16IN3O2/c16-13-14(20)17-10-18-15(13)21-12-6-7-19(9-12)8-11-4-2-1-3-5-11/h1-5,10,12H,6-9H2,(H,17,18,20). The van der Waals surface area contributed by atoms with Crippen LogP contribution in [0.2, 0.25) is 0 Å². The molecule has 0 aliphatic carbocycles. The summed E-state index contributed by atoms with van der Waals surface area (Å²) < 4.78 is 6.39. The van der Waals surface area contributed by atoms with Crippen LogP contribution in [-0.2, 0) is 6.54 Å². The van der Waals surface area contributed by atoms with E-state index in [4.69, 9.17) is 4.74 Å². The van der Waals surface area contributed by atoms with Gasteiger partial charge >= 0.3 is 0 Å². The maximum atomic E-state index is 11.5. The van der Waals surface area contributed by atoms with E-state index in [-0.39, 0.29) is 11.7 Å². The van der Waals surface area contributed by atoms with Crippen molar-refractivity contribution in [2.24, 2.45) is 0 Å². The molecule has 1 fully saturated rings. The smallest absolute Gasteiger partial charge is 0.268 e. The summed E-state index contributed by atoms with van der Waals surface area (Å²) in [5, 5.41) is 0. The zero-order chi connectivity index (χ0) is 14.7. The van der Waals surface area contributed by atoms with Gasteiger partial charge in [-0.3, -0.25) is 9.69 Å². The molecule has 110 valence electrons. The lowest BCUT2D eigenvalue weighted by molar-refractivity contribution is 0.189. The molecule has 0 amide bonds. The Kier molecular flexibility index (Phi) is 4.54. The average Bonchev–Trinajstić information content (AvgIpc) is 2.92. The van der Waals surface area contributed by atoms with Gasteiger partial charge in [-0.15, -0.1) is 0 Å². The SMILES string of the molecule is O=c1[nH]cnc(OC2CCN(Cc3ccccc3)C2)c1I. The number of ether oxygens (including phenoxy) is 1. The highest BCUT2D eigenvalue weighted by atomic mass is 127. The third kappa shape index (κ3) is 3.62. The van der Waals surface area contributed by atoms with E-state index in [1.807, 2.05) is 28.7 Å². The molecule has 1 aliphatic heterocycles. The summed E-state index contributed by atoms with van der Waals surface area (Å²) >= 11 is 1.97. The zero-order valence-corrected chi connectivity index (χ0v) is 13.6. The predicted octanol–water partition coefficient (Wildman–Crippen LogP) is 2.03. The van der Waals surface area contributed by atoms with Crippen LogP contribution in [0.25, 0.3) is 0 Å². The molecule has 0 bridgehead atoms. The number of nitrogens with zero attached hydrogens (tertiary/aromatic N) is 2. The fourth-order valence-corrected chi connectivity index (χ4v) is 2.91. The highest BCUT2D eigenvalue weighted by Crippen LogP contribution is 2.20. The monoisotopic (exact) mass is 397 g/mol. The van der Waals surface area contributed by atoms with Crippen LogP contribution in [0.1, 0.15) is 12.0 Å². The highest BCUT2D eigenvalue weighted by molar-refractivity contribution is 14.1. The van der Waals surface area contributed by atoms with Crippen molar-refractivity contribution in [1.29, 1.82) is 0 Å². The van der Waals surface area contributed by atoms with E-state index in [2.05, 4.69) is 39.1 Å². The van der Waals surface area contributed by atoms with Crippen LogP contribution in [0.5, 0.6) is 5.88 Å². The lowest BCUT2D eigenvalue weighted by atomic mass is 10.2. The Morgan fingerprint density at radius 1 is 1.38 bits per heavy atom. The quantitative estimate of drug-likeness (QED) is 0.803. The van der Waals surface area contributed by atoms with E-state index in [0.29, 0.717) is 9.45 Å². The van der Waals surface area contributed by atoms with Crippen molar-refractivity contribution in [2.75, 3.05) is 13.1 Å². The van der Waals surface area contributed by atoms with Crippen LogP contribution in [-0.4, -0.2) is 34.1 Å². The number of hydrogen-bond donors (Lipinski definition) is 1. The fraction of sp³-hybridized carbons (Fsp3) is 0.333. The van der Waals surface area contributed by atoms with Gasteiger partial charge in [-0.05, 0) is 34.6 Å². The molecule has 2 aromatic rings. The number of rotatable bonds is 4. The number of likely N-dealkylation sites (tertiary alicyclic amines) is 1. The van der Waals surface area contributed by atoms with Gasteiger partial charge in [0.1, 0.15) is 9.67 Å². The number of aromatic nitrogens is 2. The van der Waals surface area contributed by atoms with Gasteiger partial charge < -0.3 is 9.72 Å². The number of hydrogen-bond acceptors (Lipinski definition) is 4. The topological polar surface area (TPSA) is 58.2 Å². The van der Waals surface area contributed by atoms with E-state index in [1.54, 1.807) is 0 Å². The Morgan fingerprint density at radius 3 is 3.00 bits per heavy atom. The zero-order valence-electron chi connectivity index (χ0n) is 11.5. The molecule has 3 rings (SSSR count). The highest BCUT2D eigenvalue weighted by Gasteiger charge is 2.25. The van der Waals surface area contributed by atoms with E-state index in [1.165, 1.54) is 11.9 Å². The van der Waals surface area contributed by atoms with Gasteiger partial charge in [0.05, 0.1) is 6.33 Å². The second kappa shape index (κ2) is 6.57. The molecule has 1 aromatic heterocycles. The van der Waals surface area contributed by atoms with Crippen molar-refractivity contribution in [3.05, 3.63) is 56.1 Å². The van der Waals surface area contributed by atoms with Gasteiger partial charge in [-0.2, -0.15) is 0 Å². The van der Waals surface area contributed by atoms with E-state index < -0.39 is 0 Å². The summed E-state index contributed by atoms with van der Waals surface area (Å²) in [4.78, 5) is 20.5. The number of halogens is 1. The minimum absolute atomic E-state index is 0.0940. The first-order chi connectivity index (χ1) is 10.2. The summed E-state index contributed by atoms with van der Waals surface area (Å²) in [6, 6.07) is 10.4. The van der Waals surface area contributed by atoms with E-state index in [0.717, 1.165) is 26.1 Å². The summed E-state index contributed by atoms with van der Waals surface area (Å²) in [5.41, 5.74) is 1.15. The molecule has 0 radical (unpaired) electrons. The fourth-order valence-electron chi connectivity index (χ4n) is 2.49. The van der Waals surface area contributed by atoms with Gasteiger partial charge in [0.2, 0.25) is 5.88 Å². The molecule has 21 heavy (non-hydrogen) atoms. The third-order valence-electron chi connectivity index (χ3n) is 3.52. The molecule has 0 saturated carbocycles. The summed E-state index contributed by atoms with van der Waals surface area (Å²) in [7, 11) is 0. The maximum Gasteiger partial charge on any atom is 0.268 e. The normalized spacial score (nSPS) is 18.8. The van der Waals surface area contributed by atoms with Gasteiger partial charge in [-0.1, -0.05) is 30.3 Å². The number of aromatic amines is 1. The minimum Gasteiger partial charge on any atom is -0.472 e. The lowest BCUT2D eigenvalue weighted by Gasteiger charge is -2.16.